The summed E-state index contributed by atoms with van der Waals surface area (Å²) in [7, 11) is 0. The van der Waals surface area contributed by atoms with Crippen LogP contribution in [-0.4, -0.2) is 450 Å². The monoisotopic (exact) mass is 1550 g/mol. The van der Waals surface area contributed by atoms with E-state index in [9.17, 15) is 132 Å². The van der Waals surface area contributed by atoms with Gasteiger partial charge in [0.15, 0.2) is 44.0 Å². The Hall–Kier alpha value is -2.21. The number of hydrogen-bond donors (Lipinski definition) is 26. The molecular formula is C62H107NO43. The minimum absolute atomic E-state index is 0.528. The van der Waals surface area contributed by atoms with Crippen molar-refractivity contribution in [2.45, 2.75) is 298 Å². The largest absolute Gasteiger partial charge is 0.477 e. The van der Waals surface area contributed by atoms with Crippen molar-refractivity contribution in [2.24, 2.45) is 29.4 Å². The first-order chi connectivity index (χ1) is 50.1. The predicted octanol–water partition coefficient (Wildman–Crippen LogP) is -15.3. The molecule has 0 aromatic heterocycles. The minimum atomic E-state index is -3.13. The van der Waals surface area contributed by atoms with Crippen LogP contribution in [0.3, 0.4) is 0 Å². The quantitative estimate of drug-likeness (QED) is 0.0346. The van der Waals surface area contributed by atoms with E-state index in [4.69, 9.17) is 86.3 Å². The molecule has 0 amide bonds. The van der Waals surface area contributed by atoms with Crippen molar-refractivity contribution in [2.75, 3.05) is 59.5 Å². The number of carboxylic acids is 1. The number of carbonyl (C=O) groups is 1. The second kappa shape index (κ2) is 37.4. The molecule has 44 nitrogen and oxygen atoms in total. The Morgan fingerprint density at radius 2 is 0.736 bits per heavy atom. The van der Waals surface area contributed by atoms with Crippen LogP contribution in [0.5, 0.6) is 0 Å². The third-order valence-corrected chi connectivity index (χ3v) is 21.5. The van der Waals surface area contributed by atoms with Crippen LogP contribution in [0.1, 0.15) is 41.0 Å². The lowest BCUT2D eigenvalue weighted by atomic mass is 9.88. The number of rotatable bonds is 28. The van der Waals surface area contributed by atoms with Crippen LogP contribution in [0.4, 0.5) is 0 Å². The number of carboxylic acid groups (broad SMARTS) is 1. The lowest BCUT2D eigenvalue weighted by molar-refractivity contribution is -0.400. The number of nitrogens with two attached hydrogens (primary N) is 1. The van der Waals surface area contributed by atoms with Crippen LogP contribution < -0.4 is 5.73 Å². The van der Waals surface area contributed by atoms with Gasteiger partial charge in [-0.3, -0.25) is 0 Å². The summed E-state index contributed by atoms with van der Waals surface area (Å²) >= 11 is 0. The van der Waals surface area contributed by atoms with E-state index in [2.05, 4.69) is 0 Å². The number of ether oxygens (including phenoxy) is 17. The molecular weight excluding hydrogens is 1450 g/mol. The Labute approximate surface area is 604 Å². The van der Waals surface area contributed by atoms with E-state index in [1.807, 2.05) is 0 Å². The number of aliphatic hydroxyl groups excluding tert-OH is 24. The van der Waals surface area contributed by atoms with Gasteiger partial charge in [0, 0.05) is 30.1 Å². The van der Waals surface area contributed by atoms with E-state index < -0.39 is 353 Å². The Balaban J connectivity index is 0.967. The van der Waals surface area contributed by atoms with E-state index in [1.165, 1.54) is 20.8 Å². The molecule has 0 aliphatic carbocycles. The molecule has 9 rings (SSSR count). The Morgan fingerprint density at radius 1 is 0.387 bits per heavy atom. The molecule has 9 heterocycles. The molecule has 0 bridgehead atoms. The molecule has 618 valence electrons. The summed E-state index contributed by atoms with van der Waals surface area (Å²) in [5, 5.41) is 275. The zero-order valence-electron chi connectivity index (χ0n) is 58.2. The molecule has 20 unspecified atom stereocenters. The Morgan fingerprint density at radius 3 is 1.21 bits per heavy atom. The fourth-order valence-electron chi connectivity index (χ4n) is 14.5. The van der Waals surface area contributed by atoms with Crippen molar-refractivity contribution in [1.82, 2.24) is 0 Å². The molecule has 0 aromatic carbocycles. The second-order valence-electron chi connectivity index (χ2n) is 28.5. The summed E-state index contributed by atoms with van der Waals surface area (Å²) in [5.41, 5.74) is 5.99. The molecule has 0 saturated carbocycles. The van der Waals surface area contributed by atoms with Crippen molar-refractivity contribution < 1.29 is 213 Å². The fraction of sp³-hybridized carbons (Fsp3) is 0.984. The van der Waals surface area contributed by atoms with Gasteiger partial charge in [-0.25, -0.2) is 4.79 Å². The van der Waals surface area contributed by atoms with Crippen LogP contribution >= 0.6 is 0 Å². The van der Waals surface area contributed by atoms with Crippen LogP contribution in [-0.2, 0) is 85.3 Å². The molecule has 9 saturated heterocycles. The topological polar surface area (TPSA) is 706 Å². The van der Waals surface area contributed by atoms with Gasteiger partial charge in [0.2, 0.25) is 0 Å². The molecule has 46 atom stereocenters. The van der Waals surface area contributed by atoms with Gasteiger partial charge in [-0.2, -0.15) is 0 Å². The van der Waals surface area contributed by atoms with Crippen LogP contribution in [0, 0.1) is 23.7 Å². The average Bonchev–Trinajstić information content (AvgIpc) is 0.760. The van der Waals surface area contributed by atoms with Gasteiger partial charge in [0.05, 0.1) is 102 Å². The van der Waals surface area contributed by atoms with Crippen LogP contribution in [0.15, 0.2) is 0 Å². The first-order valence-electron chi connectivity index (χ1n) is 35.0. The van der Waals surface area contributed by atoms with Gasteiger partial charge < -0.3 is 214 Å². The van der Waals surface area contributed by atoms with Gasteiger partial charge in [0.1, 0.15) is 165 Å². The summed E-state index contributed by atoms with van der Waals surface area (Å²) in [5.74, 6) is -9.45. The van der Waals surface area contributed by atoms with Crippen LogP contribution in [0.2, 0.25) is 0 Å². The molecule has 9 fully saturated rings. The molecule has 0 aromatic rings. The van der Waals surface area contributed by atoms with Crippen molar-refractivity contribution >= 4 is 5.97 Å². The minimum Gasteiger partial charge on any atom is -0.477 e. The highest BCUT2D eigenvalue weighted by Crippen LogP contribution is 2.43. The van der Waals surface area contributed by atoms with E-state index in [1.54, 1.807) is 13.8 Å². The summed E-state index contributed by atoms with van der Waals surface area (Å²) < 4.78 is 102. The van der Waals surface area contributed by atoms with Gasteiger partial charge in [-0.1, -0.05) is 27.7 Å². The maximum absolute atomic E-state index is 13.0. The van der Waals surface area contributed by atoms with E-state index >= 15 is 0 Å². The summed E-state index contributed by atoms with van der Waals surface area (Å²) in [6.07, 6.45) is -75.2. The highest BCUT2D eigenvalue weighted by atomic mass is 16.8. The smallest absolute Gasteiger partial charge is 0.364 e. The van der Waals surface area contributed by atoms with Crippen molar-refractivity contribution in [3.63, 3.8) is 0 Å². The van der Waals surface area contributed by atoms with Crippen molar-refractivity contribution in [1.29, 1.82) is 0 Å². The molecule has 9 aliphatic rings. The fourth-order valence-corrected chi connectivity index (χ4v) is 14.5. The third kappa shape index (κ3) is 18.0. The SMILES string of the molecule is CC1C(O)[C@H](OC2OC(CO)[C@H](O)[C@H](O[C@]3(C(=O)O)C[C@@H](O)[C@@H](N)C(C(O)C(O)CO)O3)C2O)[C@H](CO)O[C@H]1O[C@@H]1C(O)[C@H](O)C(CO)O[C@@H]1OCC1O[C@@H](O[C@@H]2C(CO)O[C@@H](O[C@@H]3C(CO)O[C@@H](C)[C@@H](C)C3O)[C@@H](C)C2O)[C@H](O)C(O[C@H]2O[C@H](CO)[C@@H](O)C(O)C2O[C@@H]2OC(CO)[C@@H](O)C(O)[C@@H]2C)[C@@H]1O. The lowest BCUT2D eigenvalue weighted by Crippen LogP contribution is -2.70. The first kappa shape index (κ1) is 87.8. The highest BCUT2D eigenvalue weighted by molar-refractivity contribution is 5.76. The zero-order chi connectivity index (χ0) is 78.1. The first-order valence-corrected chi connectivity index (χ1v) is 35.0. The molecule has 9 aliphatic heterocycles. The number of aliphatic carboxylic acids is 1. The van der Waals surface area contributed by atoms with Gasteiger partial charge in [0.25, 0.3) is 5.79 Å². The molecule has 0 radical (unpaired) electrons. The maximum atomic E-state index is 13.0. The van der Waals surface area contributed by atoms with Gasteiger partial charge in [-0.15, -0.1) is 0 Å². The summed E-state index contributed by atoms with van der Waals surface area (Å²) in [4.78, 5) is 13.0. The number of hydrogen-bond acceptors (Lipinski definition) is 43. The lowest BCUT2D eigenvalue weighted by Gasteiger charge is -2.51. The predicted molar refractivity (Wildman–Crippen MR) is 332 cm³/mol. The second-order valence-corrected chi connectivity index (χ2v) is 28.5. The van der Waals surface area contributed by atoms with E-state index in [0.29, 0.717) is 0 Å². The maximum Gasteiger partial charge on any atom is 0.364 e. The average molecular weight is 1550 g/mol. The summed E-state index contributed by atoms with van der Waals surface area (Å²) in [6, 6.07) is -1.62. The molecule has 44 heteroatoms. The Kier molecular flexibility index (Phi) is 30.9. The van der Waals surface area contributed by atoms with Crippen molar-refractivity contribution in [3.05, 3.63) is 0 Å². The standard InChI is InChI=1S/C62H107NO43/c1-16-20(5)91-27(12-69)46(33(16)75)99-55-18(3)34(76)47(28(13-70)96-55)100-57-44(86)50(102-60-53(43(85)39(81)25(10-67)95-60)104-54-17(2)32(74)37(79)23(8-65)92-54)41(83)30(98-57)15-90-59-52(42(84)38(80)24(9-66)94-59)103-56-19(4)35(77)48(29(14-71)97-56)101-58-45(87)51(40(82)26(11-68)93-58)106-62(61(88)89)6-21(72)31(63)49(105-62)36(78)22(73)7-64/h16-60,64-87H,6-15,63H2,1-5H3,(H,88,89)/t16-,17+,18+,19?,20+,21-,22?,23?,24?,25-,26?,27?,28?,29+,30?,31-,32?,33?,34?,35?,36?,37-,38-,39-,40+,41-,42?,43?,44-,45?,46-,47-,48-,49?,50?,51+,52-,53?,54+,55+,56+,57+,58?,59+,60-,62+/m1/s1. The van der Waals surface area contributed by atoms with E-state index in [0.717, 1.165) is 0 Å². The molecule has 27 N–H and O–H groups in total. The van der Waals surface area contributed by atoms with E-state index in [-0.39, 0.29) is 0 Å². The molecule has 0 spiro atoms. The van der Waals surface area contributed by atoms with Crippen molar-refractivity contribution in [3.8, 4) is 0 Å². The highest BCUT2D eigenvalue weighted by Gasteiger charge is 2.62. The van der Waals surface area contributed by atoms with Crippen LogP contribution in [0.25, 0.3) is 0 Å². The third-order valence-electron chi connectivity index (χ3n) is 21.5. The van der Waals surface area contributed by atoms with Gasteiger partial charge >= 0.3 is 5.97 Å². The summed E-state index contributed by atoms with van der Waals surface area (Å²) in [6.45, 7) is -1.42. The zero-order valence-corrected chi connectivity index (χ0v) is 58.2. The van der Waals surface area contributed by atoms with Gasteiger partial charge in [-0.05, 0) is 6.92 Å². The molecule has 106 heavy (non-hydrogen) atoms. The number of aliphatic hydroxyl groups is 24. The normalized spacial score (nSPS) is 51.9. The Bertz CT molecular complexity index is 2690.